The molecule has 1 heterocycles. The monoisotopic (exact) mass is 269 g/mol. The van der Waals surface area contributed by atoms with Gasteiger partial charge in [-0.05, 0) is 21.0 Å². The molecule has 0 fully saturated rings. The molecule has 0 aliphatic carbocycles. The fourth-order valence-electron chi connectivity index (χ4n) is 2.02. The molecular formula is C13H17F2N3O. The van der Waals surface area contributed by atoms with Crippen LogP contribution in [0.3, 0.4) is 0 Å². The van der Waals surface area contributed by atoms with Crippen molar-refractivity contribution in [1.29, 1.82) is 0 Å². The number of aromatic nitrogens is 2. The maximum atomic E-state index is 13.3. The molecule has 4 nitrogen and oxygen atoms in total. The first-order valence-electron chi connectivity index (χ1n) is 6.08. The van der Waals surface area contributed by atoms with Crippen LogP contribution in [0.15, 0.2) is 12.1 Å². The standard InChI is InChI=1S/C13H17F2N3O/c1-8(17(2)3)13-16-11-6-9(14)10(15)7-12(11)18(13)4-5-19/h6-8,19H,4-5H2,1-3H3. The highest BCUT2D eigenvalue weighted by atomic mass is 19.2. The Morgan fingerprint density at radius 1 is 1.32 bits per heavy atom. The Kier molecular flexibility index (Phi) is 3.82. The number of hydrogen-bond acceptors (Lipinski definition) is 3. The SMILES string of the molecule is CC(c1nc2cc(F)c(F)cc2n1CCO)N(C)C. The first-order valence-corrected chi connectivity index (χ1v) is 6.08. The van der Waals surface area contributed by atoms with Crippen LogP contribution >= 0.6 is 0 Å². The lowest BCUT2D eigenvalue weighted by molar-refractivity contribution is 0.262. The molecule has 0 saturated carbocycles. The van der Waals surface area contributed by atoms with Crippen molar-refractivity contribution in [3.05, 3.63) is 29.6 Å². The van der Waals surface area contributed by atoms with Gasteiger partial charge >= 0.3 is 0 Å². The molecule has 2 aromatic rings. The lowest BCUT2D eigenvalue weighted by Crippen LogP contribution is -2.21. The Morgan fingerprint density at radius 3 is 2.53 bits per heavy atom. The van der Waals surface area contributed by atoms with E-state index < -0.39 is 11.6 Å². The Labute approximate surface area is 110 Å². The second kappa shape index (κ2) is 5.22. The summed E-state index contributed by atoms with van der Waals surface area (Å²) in [6.07, 6.45) is 0. The molecule has 104 valence electrons. The third-order valence-electron chi connectivity index (χ3n) is 3.29. The molecule has 0 aliphatic rings. The highest BCUT2D eigenvalue weighted by Gasteiger charge is 2.19. The molecular weight excluding hydrogens is 252 g/mol. The number of hydrogen-bond donors (Lipinski definition) is 1. The summed E-state index contributed by atoms with van der Waals surface area (Å²) in [4.78, 5) is 6.30. The van der Waals surface area contributed by atoms with Crippen LogP contribution in [0.4, 0.5) is 8.78 Å². The molecule has 1 aromatic carbocycles. The van der Waals surface area contributed by atoms with Crippen LogP contribution in [-0.2, 0) is 6.54 Å². The van der Waals surface area contributed by atoms with Crippen molar-refractivity contribution in [1.82, 2.24) is 14.5 Å². The van der Waals surface area contributed by atoms with Crippen molar-refractivity contribution >= 4 is 11.0 Å². The molecule has 6 heteroatoms. The summed E-state index contributed by atoms with van der Waals surface area (Å²) in [6.45, 7) is 2.16. The smallest absolute Gasteiger partial charge is 0.161 e. The van der Waals surface area contributed by atoms with Gasteiger partial charge in [-0.1, -0.05) is 0 Å². The Morgan fingerprint density at radius 2 is 1.95 bits per heavy atom. The van der Waals surface area contributed by atoms with Gasteiger partial charge in [-0.2, -0.15) is 0 Å². The second-order valence-corrected chi connectivity index (χ2v) is 4.74. The average molecular weight is 269 g/mol. The third kappa shape index (κ3) is 2.46. The van der Waals surface area contributed by atoms with E-state index in [4.69, 9.17) is 5.11 Å². The Bertz CT molecular complexity index is 595. The van der Waals surface area contributed by atoms with E-state index >= 15 is 0 Å². The minimum atomic E-state index is -0.912. The van der Waals surface area contributed by atoms with Crippen LogP contribution in [-0.4, -0.2) is 40.3 Å². The lowest BCUT2D eigenvalue weighted by atomic mass is 10.3. The van der Waals surface area contributed by atoms with E-state index in [2.05, 4.69) is 4.98 Å². The van der Waals surface area contributed by atoms with Gasteiger partial charge in [-0.25, -0.2) is 13.8 Å². The van der Waals surface area contributed by atoms with Crippen LogP contribution in [0, 0.1) is 11.6 Å². The summed E-state index contributed by atoms with van der Waals surface area (Å²) in [5.41, 5.74) is 0.896. The molecule has 1 unspecified atom stereocenters. The minimum Gasteiger partial charge on any atom is -0.395 e. The summed E-state index contributed by atoms with van der Waals surface area (Å²) in [5.74, 6) is -1.14. The van der Waals surface area contributed by atoms with Gasteiger partial charge in [0.15, 0.2) is 11.6 Å². The highest BCUT2D eigenvalue weighted by molar-refractivity contribution is 5.76. The first kappa shape index (κ1) is 13.9. The maximum absolute atomic E-state index is 13.3. The lowest BCUT2D eigenvalue weighted by Gasteiger charge is -2.20. The summed E-state index contributed by atoms with van der Waals surface area (Å²) in [7, 11) is 3.79. The van der Waals surface area contributed by atoms with Crippen molar-refractivity contribution in [2.24, 2.45) is 0 Å². The topological polar surface area (TPSA) is 41.3 Å². The highest BCUT2D eigenvalue weighted by Crippen LogP contribution is 2.25. The van der Waals surface area contributed by atoms with Gasteiger partial charge < -0.3 is 9.67 Å². The zero-order valence-corrected chi connectivity index (χ0v) is 11.2. The molecule has 2 rings (SSSR count). The molecule has 1 N–H and O–H groups in total. The van der Waals surface area contributed by atoms with Gasteiger partial charge in [-0.3, -0.25) is 4.90 Å². The fourth-order valence-corrected chi connectivity index (χ4v) is 2.02. The van der Waals surface area contributed by atoms with E-state index in [9.17, 15) is 8.78 Å². The average Bonchev–Trinajstić information content (AvgIpc) is 2.68. The summed E-state index contributed by atoms with van der Waals surface area (Å²) in [6, 6.07) is 2.19. The number of nitrogens with zero attached hydrogens (tertiary/aromatic N) is 3. The number of rotatable bonds is 4. The molecule has 0 aliphatic heterocycles. The van der Waals surface area contributed by atoms with E-state index in [1.807, 2.05) is 25.9 Å². The van der Waals surface area contributed by atoms with Crippen molar-refractivity contribution in [3.63, 3.8) is 0 Å². The first-order chi connectivity index (χ1) is 8.95. The molecule has 1 aromatic heterocycles. The van der Waals surface area contributed by atoms with E-state index in [-0.39, 0.29) is 12.6 Å². The zero-order chi connectivity index (χ0) is 14.2. The molecule has 0 saturated heterocycles. The number of benzene rings is 1. The van der Waals surface area contributed by atoms with E-state index in [0.717, 1.165) is 12.1 Å². The summed E-state index contributed by atoms with van der Waals surface area (Å²) < 4.78 is 28.3. The number of fused-ring (bicyclic) bond motifs is 1. The van der Waals surface area contributed by atoms with Gasteiger partial charge in [0.2, 0.25) is 0 Å². The molecule has 0 amide bonds. The molecule has 1 atom stereocenters. The Hall–Kier alpha value is -1.53. The molecule has 19 heavy (non-hydrogen) atoms. The minimum absolute atomic E-state index is 0.0231. The van der Waals surface area contributed by atoms with Crippen LogP contribution < -0.4 is 0 Å². The Balaban J connectivity index is 2.66. The van der Waals surface area contributed by atoms with E-state index in [0.29, 0.717) is 23.4 Å². The number of imidazole rings is 1. The normalized spacial score (nSPS) is 13.4. The van der Waals surface area contributed by atoms with Crippen molar-refractivity contribution in [2.75, 3.05) is 20.7 Å². The van der Waals surface area contributed by atoms with Crippen molar-refractivity contribution in [3.8, 4) is 0 Å². The van der Waals surface area contributed by atoms with E-state index in [1.54, 1.807) is 4.57 Å². The largest absolute Gasteiger partial charge is 0.395 e. The predicted molar refractivity (Wildman–Crippen MR) is 68.8 cm³/mol. The molecule has 0 radical (unpaired) electrons. The number of halogens is 2. The van der Waals surface area contributed by atoms with Gasteiger partial charge in [0.05, 0.1) is 23.7 Å². The second-order valence-electron chi connectivity index (χ2n) is 4.74. The van der Waals surface area contributed by atoms with Crippen molar-refractivity contribution in [2.45, 2.75) is 19.5 Å². The van der Waals surface area contributed by atoms with Crippen LogP contribution in [0.5, 0.6) is 0 Å². The molecule has 0 spiro atoms. The van der Waals surface area contributed by atoms with Crippen LogP contribution in [0.2, 0.25) is 0 Å². The van der Waals surface area contributed by atoms with Gasteiger partial charge in [0.25, 0.3) is 0 Å². The van der Waals surface area contributed by atoms with Gasteiger partial charge in [0.1, 0.15) is 5.82 Å². The predicted octanol–water partition coefficient (Wildman–Crippen LogP) is 1.93. The van der Waals surface area contributed by atoms with E-state index in [1.165, 1.54) is 0 Å². The summed E-state index contributed by atoms with van der Waals surface area (Å²) >= 11 is 0. The maximum Gasteiger partial charge on any atom is 0.161 e. The molecule has 0 bridgehead atoms. The van der Waals surface area contributed by atoms with Crippen LogP contribution in [0.1, 0.15) is 18.8 Å². The zero-order valence-electron chi connectivity index (χ0n) is 11.2. The number of aliphatic hydroxyl groups excluding tert-OH is 1. The third-order valence-corrected chi connectivity index (χ3v) is 3.29. The quantitative estimate of drug-likeness (QED) is 0.922. The van der Waals surface area contributed by atoms with Crippen molar-refractivity contribution < 1.29 is 13.9 Å². The summed E-state index contributed by atoms with van der Waals surface area (Å²) in [5, 5.41) is 9.14. The van der Waals surface area contributed by atoms with Gasteiger partial charge in [0, 0.05) is 18.7 Å². The van der Waals surface area contributed by atoms with Gasteiger partial charge in [-0.15, -0.1) is 0 Å². The van der Waals surface area contributed by atoms with Crippen LogP contribution in [0.25, 0.3) is 11.0 Å². The fraction of sp³-hybridized carbons (Fsp3) is 0.462. The number of aliphatic hydroxyl groups is 1.